The van der Waals surface area contributed by atoms with Crippen LogP contribution in [0.2, 0.25) is 0 Å². The largest absolute Gasteiger partial charge is 0.454 e. The molecule has 2 aliphatic carbocycles. The second kappa shape index (κ2) is 31.3. The molecule has 0 radical (unpaired) electrons. The van der Waals surface area contributed by atoms with Crippen LogP contribution in [0.4, 0.5) is 34.1 Å². The van der Waals surface area contributed by atoms with E-state index in [1.54, 1.807) is 0 Å². The molecule has 2 atom stereocenters. The van der Waals surface area contributed by atoms with Crippen LogP contribution in [-0.2, 0) is 10.8 Å². The van der Waals surface area contributed by atoms with Crippen LogP contribution in [0.25, 0.3) is 110 Å². The van der Waals surface area contributed by atoms with Crippen molar-refractivity contribution in [3.8, 4) is 66.8 Å². The standard InChI is InChI=1S/C59H39NS.C53H33NOS.4CH4/c1-3-14-40(15-4-1)42-26-33-46(34-27-42)60(47-35-28-43(29-36-47)41-16-5-2-6-17-41)48-37-30-45(31-38-48)49-21-13-22-52-51-20-9-10-23-53(51)59(57(49)52)54-24-11-12-25-55(54)61-56-39-32-44-18-7-8-19-50(44)58(56)59;1-2-15-36(16-3-1)54(46-25-13-22-43-41-19-7-10-26-47(41)55-52(43)46)37-31-28-35(29-32-37)38-20-12-21-42-40-18-6-8-23-44(40)53(50(38)42)45-24-9-11-27-48(45)56-49-33-30-34-14-4-5-17-39(34)51(49)53;;;;/h1-39H;1-33H;4*1H4. The Balaban J connectivity index is 0.000000155. The smallest absolute Gasteiger partial charge is 0.159 e. The van der Waals surface area contributed by atoms with E-state index in [2.05, 4.69) is 441 Å². The highest BCUT2D eigenvalue weighted by Gasteiger charge is 2.54. The van der Waals surface area contributed by atoms with Crippen LogP contribution in [0.5, 0.6) is 0 Å². The van der Waals surface area contributed by atoms with Gasteiger partial charge in [0.1, 0.15) is 5.58 Å². The molecule has 0 saturated carbocycles. The lowest BCUT2D eigenvalue weighted by Crippen LogP contribution is -2.32. The first kappa shape index (κ1) is 76.8. The normalized spacial score (nSPS) is 14.3. The summed E-state index contributed by atoms with van der Waals surface area (Å²) in [4.78, 5) is 9.94. The van der Waals surface area contributed by atoms with Crippen LogP contribution in [0.15, 0.2) is 461 Å². The molecule has 0 saturated heterocycles. The number of para-hydroxylation sites is 3. The quantitative estimate of drug-likeness (QED) is 0.136. The third-order valence-corrected chi connectivity index (χ3v) is 26.9. The first-order valence-corrected chi connectivity index (χ1v) is 41.8. The van der Waals surface area contributed by atoms with Crippen molar-refractivity contribution in [2.75, 3.05) is 9.80 Å². The molecule has 20 aromatic rings. The van der Waals surface area contributed by atoms with Gasteiger partial charge in [0.15, 0.2) is 5.58 Å². The summed E-state index contributed by atoms with van der Waals surface area (Å²) in [5.41, 5.74) is 33.0. The zero-order chi connectivity index (χ0) is 77.1. The predicted octanol–water partition coefficient (Wildman–Crippen LogP) is 33.4. The molecule has 0 bridgehead atoms. The van der Waals surface area contributed by atoms with Crippen molar-refractivity contribution in [2.45, 2.75) is 60.1 Å². The van der Waals surface area contributed by atoms with Crippen LogP contribution in [0.3, 0.4) is 0 Å². The van der Waals surface area contributed by atoms with Crippen LogP contribution in [0.1, 0.15) is 74.2 Å². The summed E-state index contributed by atoms with van der Waals surface area (Å²) in [7, 11) is 0. The zero-order valence-corrected chi connectivity index (χ0v) is 65.3. The maximum atomic E-state index is 6.59. The van der Waals surface area contributed by atoms with Gasteiger partial charge in [0, 0.05) is 58.8 Å². The SMILES string of the molecule is C.C.C.C.c1ccc(-c2ccc(N(c3ccc(-c4ccccc4)cc3)c3ccc(-c4cccc5c4C4(c6ccccc6Sc6ccc7ccccc7c64)c4ccccc4-5)cc3)cc2)cc1.c1ccc(N(c2ccc(-c3cccc4c3C3(c5ccccc5Sc5ccc6ccccc6c53)c3ccccc3-4)cc2)c2cccc3c2oc2ccccc23)cc1. The second-order valence-corrected chi connectivity index (χ2v) is 32.9. The van der Waals surface area contributed by atoms with Gasteiger partial charge in [-0.1, -0.05) is 393 Å². The highest BCUT2D eigenvalue weighted by atomic mass is 32.2. The molecule has 121 heavy (non-hydrogen) atoms. The molecule has 19 aromatic carbocycles. The predicted molar refractivity (Wildman–Crippen MR) is 516 cm³/mol. The summed E-state index contributed by atoms with van der Waals surface area (Å²) < 4.78 is 6.59. The molecule has 2 unspecified atom stereocenters. The zero-order valence-electron chi connectivity index (χ0n) is 63.7. The lowest BCUT2D eigenvalue weighted by molar-refractivity contribution is 0.669. The van der Waals surface area contributed by atoms with Gasteiger partial charge in [0.05, 0.1) is 16.5 Å². The van der Waals surface area contributed by atoms with E-state index in [1.165, 1.54) is 152 Å². The molecule has 5 heteroatoms. The number of benzene rings is 19. The van der Waals surface area contributed by atoms with Crippen molar-refractivity contribution in [1.29, 1.82) is 0 Å². The van der Waals surface area contributed by atoms with Gasteiger partial charge in [-0.05, 0) is 230 Å². The molecule has 2 spiro atoms. The molecular formula is C116H88N2OS2. The third-order valence-electron chi connectivity index (χ3n) is 24.7. The van der Waals surface area contributed by atoms with E-state index in [0.29, 0.717) is 0 Å². The lowest BCUT2D eigenvalue weighted by atomic mass is 9.64. The summed E-state index contributed by atoms with van der Waals surface area (Å²) in [6.45, 7) is 0. The summed E-state index contributed by atoms with van der Waals surface area (Å²) in [6.07, 6.45) is 0. The fourth-order valence-electron chi connectivity index (χ4n) is 19.8. The molecule has 24 rings (SSSR count). The van der Waals surface area contributed by atoms with Gasteiger partial charge in [-0.3, -0.25) is 0 Å². The number of furan rings is 1. The van der Waals surface area contributed by atoms with Crippen LogP contribution in [0, 0.1) is 0 Å². The Hall–Kier alpha value is -14.2. The van der Waals surface area contributed by atoms with Crippen molar-refractivity contribution >= 4 is 101 Å². The highest BCUT2D eigenvalue weighted by molar-refractivity contribution is 7.99. The Morgan fingerprint density at radius 2 is 0.529 bits per heavy atom. The van der Waals surface area contributed by atoms with Crippen molar-refractivity contribution in [1.82, 2.24) is 0 Å². The van der Waals surface area contributed by atoms with Gasteiger partial charge in [0.2, 0.25) is 0 Å². The van der Waals surface area contributed by atoms with Gasteiger partial charge in [-0.25, -0.2) is 0 Å². The van der Waals surface area contributed by atoms with Crippen LogP contribution in [-0.4, -0.2) is 0 Å². The van der Waals surface area contributed by atoms with Gasteiger partial charge >= 0.3 is 0 Å². The second-order valence-electron chi connectivity index (χ2n) is 30.7. The molecule has 0 amide bonds. The van der Waals surface area contributed by atoms with Gasteiger partial charge in [-0.15, -0.1) is 0 Å². The average molecular weight is 1590 g/mol. The van der Waals surface area contributed by atoms with Gasteiger partial charge in [-0.2, -0.15) is 0 Å². The first-order valence-electron chi connectivity index (χ1n) is 40.2. The summed E-state index contributed by atoms with van der Waals surface area (Å²) in [5, 5.41) is 7.37. The molecule has 2 aliphatic heterocycles. The molecule has 1 aromatic heterocycles. The third kappa shape index (κ3) is 12.1. The average Bonchev–Trinajstić information content (AvgIpc) is 1.54. The maximum Gasteiger partial charge on any atom is 0.159 e. The van der Waals surface area contributed by atoms with Gasteiger partial charge in [0.25, 0.3) is 0 Å². The van der Waals surface area contributed by atoms with Crippen molar-refractivity contribution in [3.63, 3.8) is 0 Å². The number of hydrogen-bond donors (Lipinski definition) is 0. The first-order chi connectivity index (χ1) is 58.0. The van der Waals surface area contributed by atoms with Gasteiger partial charge < -0.3 is 14.2 Å². The van der Waals surface area contributed by atoms with E-state index >= 15 is 0 Å². The molecule has 4 aliphatic rings. The summed E-state index contributed by atoms with van der Waals surface area (Å²) in [6, 6.07) is 160. The van der Waals surface area contributed by atoms with Crippen LogP contribution < -0.4 is 9.80 Å². The Labute approximate surface area is 718 Å². The fourth-order valence-corrected chi connectivity index (χ4v) is 22.2. The number of nitrogens with zero attached hydrogens (tertiary/aromatic N) is 2. The minimum absolute atomic E-state index is 0. The number of rotatable bonds is 10. The van der Waals surface area contributed by atoms with Crippen molar-refractivity contribution in [3.05, 3.63) is 481 Å². The van der Waals surface area contributed by atoms with E-state index in [0.717, 1.165) is 56.1 Å². The van der Waals surface area contributed by atoms with E-state index in [9.17, 15) is 0 Å². The van der Waals surface area contributed by atoms with Crippen molar-refractivity contribution < 1.29 is 4.42 Å². The minimum Gasteiger partial charge on any atom is -0.454 e. The summed E-state index contributed by atoms with van der Waals surface area (Å²) >= 11 is 3.80. The number of fused-ring (bicyclic) bond motifs is 25. The van der Waals surface area contributed by atoms with E-state index in [4.69, 9.17) is 4.42 Å². The van der Waals surface area contributed by atoms with Crippen molar-refractivity contribution in [2.24, 2.45) is 0 Å². The fraction of sp³-hybridized carbons (Fsp3) is 0.0517. The Morgan fingerprint density at radius 3 is 1.00 bits per heavy atom. The lowest BCUT2D eigenvalue weighted by Gasteiger charge is -2.41. The maximum absolute atomic E-state index is 6.59. The van der Waals surface area contributed by atoms with E-state index in [-0.39, 0.29) is 29.7 Å². The Morgan fingerprint density at radius 1 is 0.198 bits per heavy atom. The number of hydrogen-bond acceptors (Lipinski definition) is 5. The molecule has 0 N–H and O–H groups in total. The summed E-state index contributed by atoms with van der Waals surface area (Å²) in [5.74, 6) is 0. The molecule has 0 fully saturated rings. The topological polar surface area (TPSA) is 19.6 Å². The monoisotopic (exact) mass is 1590 g/mol. The van der Waals surface area contributed by atoms with Crippen LogP contribution >= 0.6 is 23.5 Å². The minimum atomic E-state index is -0.508. The Kier molecular flexibility index (Phi) is 19.8. The van der Waals surface area contributed by atoms with E-state index in [1.807, 2.05) is 29.6 Å². The molecule has 3 heterocycles. The highest BCUT2D eigenvalue weighted by Crippen LogP contribution is 2.67. The Bertz CT molecular complexity index is 7220. The number of anilines is 6. The molecule has 3 nitrogen and oxygen atoms in total. The molecule has 580 valence electrons. The molecular weight excluding hydrogens is 1500 g/mol. The van der Waals surface area contributed by atoms with E-state index < -0.39 is 10.8 Å².